The van der Waals surface area contributed by atoms with Gasteiger partial charge in [-0.3, -0.25) is 4.99 Å². The van der Waals surface area contributed by atoms with Gasteiger partial charge < -0.3 is 4.90 Å². The molecule has 0 spiro atoms. The van der Waals surface area contributed by atoms with Gasteiger partial charge in [-0.25, -0.2) is 0 Å². The van der Waals surface area contributed by atoms with E-state index in [1.165, 1.54) is 0 Å². The molecule has 0 aromatic rings. The first kappa shape index (κ1) is 10.7. The summed E-state index contributed by atoms with van der Waals surface area (Å²) in [4.78, 5) is 6.85. The highest BCUT2D eigenvalue weighted by Gasteiger charge is 1.94. The quantitative estimate of drug-likeness (QED) is 0.494. The van der Waals surface area contributed by atoms with Gasteiger partial charge in [-0.1, -0.05) is 6.92 Å². The molecule has 0 bridgehead atoms. The van der Waals surface area contributed by atoms with Crippen LogP contribution in [0, 0.1) is 0 Å². The molecule has 0 amide bonds. The van der Waals surface area contributed by atoms with E-state index in [1.54, 1.807) is 6.20 Å². The Labute approximate surface area is 74.4 Å². The maximum Gasteiger partial charge on any atom is 0.0353 e. The fourth-order valence-electron chi connectivity index (χ4n) is 0.633. The van der Waals surface area contributed by atoms with E-state index in [2.05, 4.69) is 43.2 Å². The molecule has 0 atom stereocenters. The zero-order chi connectivity index (χ0) is 8.69. The molecular weight excluding hydrogens is 156 g/mol. The number of hydrogen-bond acceptors (Lipinski definition) is 3. The van der Waals surface area contributed by atoms with Crippen molar-refractivity contribution in [2.24, 2.45) is 4.99 Å². The van der Waals surface area contributed by atoms with Crippen molar-refractivity contribution >= 4 is 19.3 Å². The third kappa shape index (κ3) is 6.13. The van der Waals surface area contributed by atoms with Crippen molar-refractivity contribution in [2.75, 3.05) is 20.1 Å². The minimum absolute atomic E-state index is 0.951. The second-order valence-electron chi connectivity index (χ2n) is 2.45. The smallest absolute Gasteiger partial charge is 0.0353 e. The Morgan fingerprint density at radius 1 is 1.73 bits per heavy atom. The molecule has 0 aliphatic rings. The lowest BCUT2D eigenvalue weighted by atomic mass is 10.4. The summed E-state index contributed by atoms with van der Waals surface area (Å²) >= 11 is 4.22. The second-order valence-corrected chi connectivity index (χ2v) is 3.02. The van der Waals surface area contributed by atoms with Gasteiger partial charge in [0.25, 0.3) is 0 Å². The van der Waals surface area contributed by atoms with Gasteiger partial charge in [-0.2, -0.15) is 0 Å². The summed E-state index contributed by atoms with van der Waals surface area (Å²) in [5.74, 6) is 0. The monoisotopic (exact) mass is 172 g/mol. The van der Waals surface area contributed by atoms with Crippen molar-refractivity contribution < 1.29 is 0 Å². The summed E-state index contributed by atoms with van der Waals surface area (Å²) < 4.78 is 0. The van der Waals surface area contributed by atoms with E-state index in [-0.39, 0.29) is 0 Å². The molecular formula is C8H16N2S. The minimum Gasteiger partial charge on any atom is -0.306 e. The van der Waals surface area contributed by atoms with Gasteiger partial charge in [0, 0.05) is 17.6 Å². The van der Waals surface area contributed by atoms with Crippen LogP contribution in [-0.2, 0) is 0 Å². The van der Waals surface area contributed by atoms with Crippen molar-refractivity contribution in [1.82, 2.24) is 4.90 Å². The minimum atomic E-state index is 0.951. The zero-order valence-electron chi connectivity index (χ0n) is 7.25. The standard InChI is InChI=1S/C8H16N2S/c1-4-10(3)6-5-8(11)7-9-2/h7,11H,2,4-6H2,1,3H3/b8-7-. The highest BCUT2D eigenvalue weighted by molar-refractivity contribution is 7.84. The molecule has 3 heteroatoms. The first-order valence-electron chi connectivity index (χ1n) is 3.73. The predicted octanol–water partition coefficient (Wildman–Crippen LogP) is 1.80. The lowest BCUT2D eigenvalue weighted by molar-refractivity contribution is 0.359. The summed E-state index contributed by atoms with van der Waals surface area (Å²) in [6.07, 6.45) is 2.64. The zero-order valence-corrected chi connectivity index (χ0v) is 8.14. The number of nitrogens with zero attached hydrogens (tertiary/aromatic N) is 2. The highest BCUT2D eigenvalue weighted by Crippen LogP contribution is 2.06. The Morgan fingerprint density at radius 2 is 2.36 bits per heavy atom. The number of rotatable bonds is 5. The molecule has 0 aliphatic heterocycles. The highest BCUT2D eigenvalue weighted by atomic mass is 32.1. The van der Waals surface area contributed by atoms with Crippen LogP contribution in [0.25, 0.3) is 0 Å². The van der Waals surface area contributed by atoms with Gasteiger partial charge >= 0.3 is 0 Å². The summed E-state index contributed by atoms with van der Waals surface area (Å²) in [6, 6.07) is 0. The number of aliphatic imine (C=N–C) groups is 1. The fourth-order valence-corrected chi connectivity index (χ4v) is 0.815. The number of hydrogen-bond donors (Lipinski definition) is 1. The third-order valence-electron chi connectivity index (χ3n) is 1.53. The molecule has 0 radical (unpaired) electrons. The molecule has 0 rings (SSSR count). The topological polar surface area (TPSA) is 15.6 Å². The first-order valence-corrected chi connectivity index (χ1v) is 4.17. The van der Waals surface area contributed by atoms with Crippen LogP contribution >= 0.6 is 12.6 Å². The van der Waals surface area contributed by atoms with E-state index >= 15 is 0 Å². The largest absolute Gasteiger partial charge is 0.306 e. The predicted molar refractivity (Wildman–Crippen MR) is 54.4 cm³/mol. The van der Waals surface area contributed by atoms with Crippen LogP contribution in [0.5, 0.6) is 0 Å². The molecule has 0 heterocycles. The lowest BCUT2D eigenvalue weighted by Crippen LogP contribution is -2.18. The van der Waals surface area contributed by atoms with Crippen LogP contribution in [0.2, 0.25) is 0 Å². The van der Waals surface area contributed by atoms with E-state index in [4.69, 9.17) is 0 Å². The molecule has 2 nitrogen and oxygen atoms in total. The van der Waals surface area contributed by atoms with Crippen LogP contribution < -0.4 is 0 Å². The molecule has 0 aromatic heterocycles. The van der Waals surface area contributed by atoms with Gasteiger partial charge in [0.1, 0.15) is 0 Å². The molecule has 64 valence electrons. The van der Waals surface area contributed by atoms with Crippen LogP contribution in [-0.4, -0.2) is 31.8 Å². The lowest BCUT2D eigenvalue weighted by Gasteiger charge is -2.12. The molecule has 11 heavy (non-hydrogen) atoms. The Kier molecular flexibility index (Phi) is 6.27. The van der Waals surface area contributed by atoms with Crippen molar-refractivity contribution in [1.29, 1.82) is 0 Å². The maximum absolute atomic E-state index is 4.22. The summed E-state index contributed by atoms with van der Waals surface area (Å²) in [5.41, 5.74) is 0. The van der Waals surface area contributed by atoms with Gasteiger partial charge in [0.05, 0.1) is 0 Å². The van der Waals surface area contributed by atoms with Crippen LogP contribution in [0.15, 0.2) is 16.1 Å². The van der Waals surface area contributed by atoms with Gasteiger partial charge in [0.15, 0.2) is 0 Å². The normalized spacial score (nSPS) is 12.2. The van der Waals surface area contributed by atoms with Crippen molar-refractivity contribution in [3.05, 3.63) is 11.1 Å². The Morgan fingerprint density at radius 3 is 2.82 bits per heavy atom. The van der Waals surface area contributed by atoms with Crippen LogP contribution in [0.4, 0.5) is 0 Å². The Balaban J connectivity index is 3.52. The molecule has 0 unspecified atom stereocenters. The SMILES string of the molecule is C=N/C=C(\S)CCN(C)CC. The van der Waals surface area contributed by atoms with Crippen molar-refractivity contribution in [2.45, 2.75) is 13.3 Å². The van der Waals surface area contributed by atoms with E-state index in [9.17, 15) is 0 Å². The van der Waals surface area contributed by atoms with E-state index in [0.29, 0.717) is 0 Å². The first-order chi connectivity index (χ1) is 5.20. The van der Waals surface area contributed by atoms with Crippen LogP contribution in [0.1, 0.15) is 13.3 Å². The van der Waals surface area contributed by atoms with Crippen molar-refractivity contribution in [3.8, 4) is 0 Å². The number of thiol groups is 1. The average Bonchev–Trinajstić information content (AvgIpc) is 2.01. The van der Waals surface area contributed by atoms with Gasteiger partial charge in [0.2, 0.25) is 0 Å². The summed E-state index contributed by atoms with van der Waals surface area (Å²) in [7, 11) is 2.09. The van der Waals surface area contributed by atoms with Gasteiger partial charge in [-0.05, 0) is 26.7 Å². The molecule has 0 fully saturated rings. The third-order valence-corrected chi connectivity index (χ3v) is 1.87. The average molecular weight is 172 g/mol. The molecule has 0 saturated carbocycles. The fraction of sp³-hybridized carbons (Fsp3) is 0.625. The molecule has 0 N–H and O–H groups in total. The summed E-state index contributed by atoms with van der Waals surface area (Å²) in [6.45, 7) is 7.59. The van der Waals surface area contributed by atoms with E-state index in [1.807, 2.05) is 0 Å². The molecule has 0 saturated heterocycles. The Bertz CT molecular complexity index is 143. The molecule has 0 aliphatic carbocycles. The summed E-state index contributed by atoms with van der Waals surface area (Å²) in [5, 5.41) is 0. The molecule has 0 aromatic carbocycles. The van der Waals surface area contributed by atoms with E-state index in [0.717, 1.165) is 24.4 Å². The van der Waals surface area contributed by atoms with Crippen LogP contribution in [0.3, 0.4) is 0 Å². The Hall–Kier alpha value is -0.280. The van der Waals surface area contributed by atoms with Gasteiger partial charge in [-0.15, -0.1) is 12.6 Å². The van der Waals surface area contributed by atoms with Crippen molar-refractivity contribution in [3.63, 3.8) is 0 Å². The van der Waals surface area contributed by atoms with E-state index < -0.39 is 0 Å². The second kappa shape index (κ2) is 6.43. The maximum atomic E-state index is 4.22.